The second-order valence-corrected chi connectivity index (χ2v) is 10.2. The Kier molecular flexibility index (Phi) is 7.13. The summed E-state index contributed by atoms with van der Waals surface area (Å²) in [6, 6.07) is 2.29. The average molecular weight is 582 g/mol. The summed E-state index contributed by atoms with van der Waals surface area (Å²) >= 11 is 0. The minimum Gasteiger partial charge on any atom is -0.493 e. The Hall–Kier alpha value is -3.84. The summed E-state index contributed by atoms with van der Waals surface area (Å²) < 4.78 is 77.6. The molecule has 0 radical (unpaired) electrons. The van der Waals surface area contributed by atoms with Crippen LogP contribution in [0.1, 0.15) is 40.7 Å². The summed E-state index contributed by atoms with van der Waals surface area (Å²) in [6.07, 6.45) is -1.19. The Labute approximate surface area is 233 Å². The van der Waals surface area contributed by atoms with Crippen LogP contribution in [0, 0.1) is 5.82 Å². The zero-order valence-corrected chi connectivity index (χ0v) is 23.0. The van der Waals surface area contributed by atoms with E-state index < -0.39 is 56.6 Å². The zero-order valence-electron chi connectivity index (χ0n) is 25.1. The number of hydrogen-bond acceptors (Lipinski definition) is 10. The SMILES string of the molecule is [2H]c1nc(Cc2cc(OC)c(OC)c(OC)c2)nc(Cc2nc3c(c([2H])c2[2H])OC(C)(C)C(=O)N3COP(=O)(O)O)c1F. The number of anilines is 1. The number of aromatic nitrogens is 3. The van der Waals surface area contributed by atoms with Crippen molar-refractivity contribution in [3.63, 3.8) is 0 Å². The van der Waals surface area contributed by atoms with Crippen molar-refractivity contribution in [2.75, 3.05) is 33.0 Å². The third-order valence-electron chi connectivity index (χ3n) is 5.71. The first-order valence-electron chi connectivity index (χ1n) is 13.1. The highest BCUT2D eigenvalue weighted by molar-refractivity contribution is 7.46. The van der Waals surface area contributed by atoms with Crippen molar-refractivity contribution < 1.29 is 51.1 Å². The molecule has 0 fully saturated rings. The Balaban J connectivity index is 1.75. The van der Waals surface area contributed by atoms with Gasteiger partial charge in [0.2, 0.25) is 5.75 Å². The van der Waals surface area contributed by atoms with Gasteiger partial charge in [-0.15, -0.1) is 0 Å². The Morgan fingerprint density at radius 1 is 1.10 bits per heavy atom. The van der Waals surface area contributed by atoms with Gasteiger partial charge < -0.3 is 28.7 Å². The lowest BCUT2D eigenvalue weighted by molar-refractivity contribution is -0.133. The van der Waals surface area contributed by atoms with E-state index in [0.29, 0.717) is 22.8 Å². The first kappa shape index (κ1) is 25.1. The van der Waals surface area contributed by atoms with Crippen molar-refractivity contribution in [1.29, 1.82) is 0 Å². The molecule has 4 rings (SSSR count). The van der Waals surface area contributed by atoms with Crippen LogP contribution in [0.4, 0.5) is 10.2 Å². The topological polar surface area (TPSA) is 163 Å². The van der Waals surface area contributed by atoms with Gasteiger partial charge >= 0.3 is 7.82 Å². The largest absolute Gasteiger partial charge is 0.493 e. The fourth-order valence-electron chi connectivity index (χ4n) is 3.88. The van der Waals surface area contributed by atoms with Crippen LogP contribution < -0.4 is 23.8 Å². The van der Waals surface area contributed by atoms with Gasteiger partial charge in [0, 0.05) is 18.5 Å². The van der Waals surface area contributed by atoms with Gasteiger partial charge in [-0.3, -0.25) is 14.2 Å². The van der Waals surface area contributed by atoms with E-state index in [2.05, 4.69) is 19.5 Å². The van der Waals surface area contributed by atoms with Crippen LogP contribution in [-0.4, -0.2) is 64.3 Å². The van der Waals surface area contributed by atoms with Crippen LogP contribution in [0.25, 0.3) is 0 Å². The zero-order chi connectivity index (χ0) is 31.9. The van der Waals surface area contributed by atoms with Crippen molar-refractivity contribution in [3.05, 3.63) is 59.0 Å². The third-order valence-corrected chi connectivity index (χ3v) is 6.17. The lowest BCUT2D eigenvalue weighted by Gasteiger charge is -2.37. The molecule has 0 saturated carbocycles. The molecule has 2 aromatic heterocycles. The standard InChI is InChI=1S/C25H28FN4O9P/c1-25(2)24(31)30(13-38-40(32,33)34)23-18(39-25)7-6-15(28-23)11-17-16(26)12-27-21(29-17)10-14-8-19(35-3)22(37-5)20(9-14)36-4/h6-9,12H,10-11,13H2,1-5H3,(H2,32,33,34)/i6D,7D,12D. The van der Waals surface area contributed by atoms with Crippen LogP contribution in [0.5, 0.6) is 23.0 Å². The lowest BCUT2D eigenvalue weighted by Crippen LogP contribution is -2.53. The number of carbonyl (C=O) groups is 1. The molecule has 0 spiro atoms. The minimum atomic E-state index is -5.02. The summed E-state index contributed by atoms with van der Waals surface area (Å²) in [4.78, 5) is 44.5. The Bertz CT molecular complexity index is 1620. The second kappa shape index (κ2) is 11.3. The number of phosphoric ester groups is 1. The number of ether oxygens (including phenoxy) is 4. The van der Waals surface area contributed by atoms with Crippen LogP contribution >= 0.6 is 7.82 Å². The van der Waals surface area contributed by atoms with Crippen LogP contribution in [0.15, 0.2) is 30.4 Å². The molecule has 214 valence electrons. The van der Waals surface area contributed by atoms with Crippen molar-refractivity contribution in [1.82, 2.24) is 15.0 Å². The van der Waals surface area contributed by atoms with Crippen LogP contribution in [0.2, 0.25) is 0 Å². The fourth-order valence-corrected chi connectivity index (χ4v) is 4.15. The molecule has 1 aromatic carbocycles. The van der Waals surface area contributed by atoms with E-state index in [4.69, 9.17) is 23.1 Å². The molecule has 0 bridgehead atoms. The number of benzene rings is 1. The second-order valence-electron chi connectivity index (χ2n) is 8.96. The van der Waals surface area contributed by atoms with E-state index in [0.717, 1.165) is 4.90 Å². The van der Waals surface area contributed by atoms with Crippen molar-refractivity contribution in [2.45, 2.75) is 32.3 Å². The number of methoxy groups -OCH3 is 3. The highest BCUT2D eigenvalue weighted by Gasteiger charge is 2.42. The summed E-state index contributed by atoms with van der Waals surface area (Å²) in [5, 5.41) is 0. The van der Waals surface area contributed by atoms with Gasteiger partial charge in [0.05, 0.1) is 37.3 Å². The molecule has 3 heterocycles. The van der Waals surface area contributed by atoms with Gasteiger partial charge in [-0.25, -0.2) is 23.9 Å². The molecular weight excluding hydrogens is 550 g/mol. The van der Waals surface area contributed by atoms with Crippen LogP contribution in [-0.2, 0) is 26.7 Å². The molecule has 1 aliphatic heterocycles. The first-order valence-corrected chi connectivity index (χ1v) is 13.1. The van der Waals surface area contributed by atoms with E-state index in [1.807, 2.05) is 0 Å². The van der Waals surface area contributed by atoms with E-state index in [1.165, 1.54) is 35.2 Å². The van der Waals surface area contributed by atoms with Crippen molar-refractivity contribution in [3.8, 4) is 23.0 Å². The number of pyridine rings is 1. The number of hydrogen-bond donors (Lipinski definition) is 2. The molecule has 0 atom stereocenters. The maximum atomic E-state index is 15.1. The molecule has 2 N–H and O–H groups in total. The molecule has 1 amide bonds. The Morgan fingerprint density at radius 2 is 1.77 bits per heavy atom. The third kappa shape index (κ3) is 6.31. The molecule has 0 unspecified atom stereocenters. The summed E-state index contributed by atoms with van der Waals surface area (Å²) in [5.41, 5.74) is -1.54. The van der Waals surface area contributed by atoms with Crippen molar-refractivity contribution in [2.24, 2.45) is 0 Å². The van der Waals surface area contributed by atoms with Gasteiger partial charge in [0.1, 0.15) is 12.6 Å². The number of fused-ring (bicyclic) bond motifs is 1. The maximum Gasteiger partial charge on any atom is 0.471 e. The predicted molar refractivity (Wildman–Crippen MR) is 138 cm³/mol. The first-order chi connectivity index (χ1) is 20.1. The molecule has 40 heavy (non-hydrogen) atoms. The van der Waals surface area contributed by atoms with E-state index in [1.54, 1.807) is 12.1 Å². The van der Waals surface area contributed by atoms with E-state index >= 15 is 4.39 Å². The van der Waals surface area contributed by atoms with Gasteiger partial charge in [0.15, 0.2) is 34.5 Å². The van der Waals surface area contributed by atoms with Gasteiger partial charge in [0.25, 0.3) is 5.91 Å². The van der Waals surface area contributed by atoms with Gasteiger partial charge in [-0.2, -0.15) is 0 Å². The number of phosphoric acid groups is 1. The molecule has 0 aliphatic carbocycles. The summed E-state index contributed by atoms with van der Waals surface area (Å²) in [6.45, 7) is 1.78. The van der Waals surface area contributed by atoms with Crippen LogP contribution in [0.3, 0.4) is 0 Å². The maximum absolute atomic E-state index is 15.1. The molecule has 3 aromatic rings. The molecule has 0 saturated heterocycles. The molecule has 15 heteroatoms. The smallest absolute Gasteiger partial charge is 0.471 e. The number of rotatable bonds is 10. The lowest BCUT2D eigenvalue weighted by atomic mass is 10.1. The quantitative estimate of drug-likeness (QED) is 0.337. The monoisotopic (exact) mass is 581 g/mol. The highest BCUT2D eigenvalue weighted by atomic mass is 31.2. The summed E-state index contributed by atoms with van der Waals surface area (Å²) in [5.74, 6) is -1.42. The van der Waals surface area contributed by atoms with E-state index in [9.17, 15) is 19.1 Å². The number of nitrogens with zero attached hydrogens (tertiary/aromatic N) is 4. The number of carbonyl (C=O) groups excluding carboxylic acids is 1. The van der Waals surface area contributed by atoms with Gasteiger partial charge in [-0.1, -0.05) is 0 Å². The molecule has 1 aliphatic rings. The average Bonchev–Trinajstić information content (AvgIpc) is 2.94. The van der Waals surface area contributed by atoms with Gasteiger partial charge in [-0.05, 0) is 43.6 Å². The minimum absolute atomic E-state index is 0.0236. The number of amides is 1. The summed E-state index contributed by atoms with van der Waals surface area (Å²) in [7, 11) is -0.681. The van der Waals surface area contributed by atoms with Crippen molar-refractivity contribution >= 4 is 19.5 Å². The number of halogens is 1. The van der Waals surface area contributed by atoms with E-state index in [-0.39, 0.29) is 35.2 Å². The highest BCUT2D eigenvalue weighted by Crippen LogP contribution is 2.41. The normalized spacial score (nSPS) is 15.4. The molecular formula is C25H28FN4O9P. The fraction of sp³-hybridized carbons (Fsp3) is 0.360. The Morgan fingerprint density at radius 3 is 2.38 bits per heavy atom. The molecule has 13 nitrogen and oxygen atoms in total. The predicted octanol–water partition coefficient (Wildman–Crippen LogP) is 2.79.